The summed E-state index contributed by atoms with van der Waals surface area (Å²) in [4.78, 5) is 7.63. The molecule has 2 aromatic heterocycles. The summed E-state index contributed by atoms with van der Waals surface area (Å²) in [5.74, 6) is 0.344. The van der Waals surface area contributed by atoms with Gasteiger partial charge in [-0.1, -0.05) is 0 Å². The largest absolute Gasteiger partial charge is 0.365 e. The van der Waals surface area contributed by atoms with E-state index in [-0.39, 0.29) is 11.8 Å². The van der Waals surface area contributed by atoms with Gasteiger partial charge in [0, 0.05) is 11.8 Å². The third-order valence-electron chi connectivity index (χ3n) is 1.56. The molecule has 14 heavy (non-hydrogen) atoms. The standard InChI is InChI=1S/C8H5N5O/c9-4-6-3-5(1-2-11-6)7-12-8(10)13-14-7/h1-3H,(H2,10,13). The molecule has 6 heteroatoms. The molecule has 0 fully saturated rings. The number of nitrogens with two attached hydrogens (primary N) is 1. The molecule has 2 N–H and O–H groups in total. The van der Waals surface area contributed by atoms with Crippen molar-refractivity contribution in [3.8, 4) is 17.5 Å². The average Bonchev–Trinajstić information content (AvgIpc) is 2.65. The minimum atomic E-state index is 0.0651. The summed E-state index contributed by atoms with van der Waals surface area (Å²) in [6, 6.07) is 5.12. The average molecular weight is 187 g/mol. The lowest BCUT2D eigenvalue weighted by atomic mass is 10.2. The van der Waals surface area contributed by atoms with Gasteiger partial charge < -0.3 is 10.3 Å². The summed E-state index contributed by atoms with van der Waals surface area (Å²) < 4.78 is 4.83. The lowest BCUT2D eigenvalue weighted by Gasteiger charge is -1.92. The van der Waals surface area contributed by atoms with E-state index in [0.717, 1.165) is 0 Å². The first-order valence-electron chi connectivity index (χ1n) is 3.75. The molecule has 0 aromatic carbocycles. The van der Waals surface area contributed by atoms with Crippen LogP contribution in [-0.2, 0) is 0 Å². The van der Waals surface area contributed by atoms with Crippen LogP contribution in [0.3, 0.4) is 0 Å². The van der Waals surface area contributed by atoms with Crippen molar-refractivity contribution in [2.45, 2.75) is 0 Å². The molecule has 0 radical (unpaired) electrons. The second-order valence-electron chi connectivity index (χ2n) is 2.50. The van der Waals surface area contributed by atoms with Crippen LogP contribution in [0, 0.1) is 11.3 Å². The number of hydrogen-bond acceptors (Lipinski definition) is 6. The zero-order valence-electron chi connectivity index (χ0n) is 7.01. The van der Waals surface area contributed by atoms with Gasteiger partial charge in [-0.05, 0) is 17.3 Å². The molecule has 0 unspecified atom stereocenters. The molecule has 0 amide bonds. The van der Waals surface area contributed by atoms with Crippen molar-refractivity contribution in [2.24, 2.45) is 0 Å². The highest BCUT2D eigenvalue weighted by Crippen LogP contribution is 2.17. The van der Waals surface area contributed by atoms with E-state index in [2.05, 4.69) is 15.1 Å². The van der Waals surface area contributed by atoms with Crippen molar-refractivity contribution >= 4 is 5.95 Å². The van der Waals surface area contributed by atoms with Crippen molar-refractivity contribution in [2.75, 3.05) is 5.73 Å². The highest BCUT2D eigenvalue weighted by Gasteiger charge is 2.06. The van der Waals surface area contributed by atoms with Gasteiger partial charge in [-0.2, -0.15) is 10.2 Å². The number of nitrogens with zero attached hydrogens (tertiary/aromatic N) is 4. The Bertz CT molecular complexity index is 498. The molecule has 2 heterocycles. The van der Waals surface area contributed by atoms with Crippen molar-refractivity contribution in [3.63, 3.8) is 0 Å². The highest BCUT2D eigenvalue weighted by molar-refractivity contribution is 5.54. The van der Waals surface area contributed by atoms with E-state index in [9.17, 15) is 0 Å². The summed E-state index contributed by atoms with van der Waals surface area (Å²) >= 11 is 0. The Balaban J connectivity index is 2.47. The van der Waals surface area contributed by atoms with Gasteiger partial charge in [-0.25, -0.2) is 4.98 Å². The summed E-state index contributed by atoms with van der Waals surface area (Å²) in [6.45, 7) is 0. The van der Waals surface area contributed by atoms with E-state index in [0.29, 0.717) is 11.3 Å². The van der Waals surface area contributed by atoms with Crippen molar-refractivity contribution in [1.82, 2.24) is 15.1 Å². The Kier molecular flexibility index (Phi) is 1.84. The van der Waals surface area contributed by atoms with Crippen LogP contribution < -0.4 is 5.73 Å². The number of aromatic nitrogens is 3. The van der Waals surface area contributed by atoms with Crippen molar-refractivity contribution in [3.05, 3.63) is 24.0 Å². The maximum absolute atomic E-state index is 8.61. The molecule has 0 spiro atoms. The number of pyridine rings is 1. The van der Waals surface area contributed by atoms with E-state index in [4.69, 9.17) is 15.5 Å². The summed E-state index contributed by atoms with van der Waals surface area (Å²) in [5.41, 5.74) is 6.21. The van der Waals surface area contributed by atoms with Gasteiger partial charge >= 0.3 is 0 Å². The van der Waals surface area contributed by atoms with Crippen LogP contribution in [-0.4, -0.2) is 15.1 Å². The lowest BCUT2D eigenvalue weighted by Crippen LogP contribution is -1.86. The molecule has 0 atom stereocenters. The number of anilines is 1. The molecule has 0 bridgehead atoms. The van der Waals surface area contributed by atoms with Gasteiger partial charge in [0.2, 0.25) is 0 Å². The molecule has 2 rings (SSSR count). The zero-order valence-corrected chi connectivity index (χ0v) is 7.01. The molecule has 0 saturated heterocycles. The predicted octanol–water partition coefficient (Wildman–Crippen LogP) is 0.585. The topological polar surface area (TPSA) is 102 Å². The van der Waals surface area contributed by atoms with Crippen LogP contribution in [0.5, 0.6) is 0 Å². The molecule has 0 saturated carbocycles. The summed E-state index contributed by atoms with van der Waals surface area (Å²) in [7, 11) is 0. The van der Waals surface area contributed by atoms with Gasteiger partial charge in [0.15, 0.2) is 0 Å². The third-order valence-corrected chi connectivity index (χ3v) is 1.56. The van der Waals surface area contributed by atoms with Crippen LogP contribution in [0.25, 0.3) is 11.5 Å². The van der Waals surface area contributed by atoms with Gasteiger partial charge in [0.1, 0.15) is 11.8 Å². The molecule has 6 nitrogen and oxygen atoms in total. The smallest absolute Gasteiger partial charge is 0.261 e. The van der Waals surface area contributed by atoms with Gasteiger partial charge in [0.25, 0.3) is 11.8 Å². The summed E-state index contributed by atoms with van der Waals surface area (Å²) in [5, 5.41) is 12.0. The van der Waals surface area contributed by atoms with E-state index in [1.807, 2.05) is 6.07 Å². The molecule has 0 aliphatic rings. The zero-order chi connectivity index (χ0) is 9.97. The minimum Gasteiger partial charge on any atom is -0.365 e. The van der Waals surface area contributed by atoms with Crippen LogP contribution in [0.2, 0.25) is 0 Å². The minimum absolute atomic E-state index is 0.0651. The number of rotatable bonds is 1. The van der Waals surface area contributed by atoms with Crippen LogP contribution in [0.1, 0.15) is 5.69 Å². The first kappa shape index (κ1) is 8.19. The second-order valence-corrected chi connectivity index (χ2v) is 2.50. The molecular formula is C8H5N5O. The van der Waals surface area contributed by atoms with Crippen LogP contribution in [0.4, 0.5) is 5.95 Å². The van der Waals surface area contributed by atoms with E-state index in [1.165, 1.54) is 6.20 Å². The van der Waals surface area contributed by atoms with Gasteiger partial charge in [0.05, 0.1) is 0 Å². The molecule has 2 aromatic rings. The van der Waals surface area contributed by atoms with Crippen LogP contribution >= 0.6 is 0 Å². The van der Waals surface area contributed by atoms with E-state index >= 15 is 0 Å². The molecule has 0 aliphatic carbocycles. The van der Waals surface area contributed by atoms with E-state index < -0.39 is 0 Å². The lowest BCUT2D eigenvalue weighted by molar-refractivity contribution is 0.433. The Morgan fingerprint density at radius 1 is 1.50 bits per heavy atom. The van der Waals surface area contributed by atoms with Crippen LogP contribution in [0.15, 0.2) is 22.9 Å². The first-order valence-corrected chi connectivity index (χ1v) is 3.75. The maximum atomic E-state index is 8.61. The van der Waals surface area contributed by atoms with Gasteiger partial charge in [-0.15, -0.1) is 0 Å². The maximum Gasteiger partial charge on any atom is 0.261 e. The number of nitriles is 1. The Morgan fingerprint density at radius 2 is 2.36 bits per heavy atom. The Labute approximate surface area is 79.0 Å². The fraction of sp³-hybridized carbons (Fsp3) is 0. The third kappa shape index (κ3) is 1.38. The second kappa shape index (κ2) is 3.14. The predicted molar refractivity (Wildman–Crippen MR) is 46.7 cm³/mol. The van der Waals surface area contributed by atoms with Crippen molar-refractivity contribution in [1.29, 1.82) is 5.26 Å². The fourth-order valence-corrected chi connectivity index (χ4v) is 0.977. The first-order chi connectivity index (χ1) is 6.79. The van der Waals surface area contributed by atoms with E-state index in [1.54, 1.807) is 12.1 Å². The monoisotopic (exact) mass is 187 g/mol. The quantitative estimate of drug-likeness (QED) is 0.700. The number of nitrogen functional groups attached to an aromatic ring is 1. The normalized spacial score (nSPS) is 9.64. The Hall–Kier alpha value is -2.42. The SMILES string of the molecule is N#Cc1cc(-c2nc(N)no2)ccn1. The molecule has 68 valence electrons. The fourth-order valence-electron chi connectivity index (χ4n) is 0.977. The Morgan fingerprint density at radius 3 is 3.00 bits per heavy atom. The summed E-state index contributed by atoms with van der Waals surface area (Å²) in [6.07, 6.45) is 1.49. The molecular weight excluding hydrogens is 182 g/mol. The molecule has 0 aliphatic heterocycles. The number of hydrogen-bond donors (Lipinski definition) is 1. The highest BCUT2D eigenvalue weighted by atomic mass is 16.5. The van der Waals surface area contributed by atoms with Gasteiger partial charge in [-0.3, -0.25) is 0 Å². The van der Waals surface area contributed by atoms with Crippen molar-refractivity contribution < 1.29 is 4.52 Å².